The van der Waals surface area contributed by atoms with Gasteiger partial charge in [-0.25, -0.2) is 4.57 Å². The minimum atomic E-state index is 0.0469. The predicted molar refractivity (Wildman–Crippen MR) is 150 cm³/mol. The molecule has 3 aromatic carbocycles. The Hall–Kier alpha value is -3.26. The van der Waals surface area contributed by atoms with Crippen molar-refractivity contribution in [3.05, 3.63) is 83.7 Å². The zero-order valence-electron chi connectivity index (χ0n) is 22.5. The molecule has 0 radical (unpaired) electrons. The van der Waals surface area contributed by atoms with Gasteiger partial charge in [0.1, 0.15) is 7.05 Å². The minimum Gasteiger partial charge on any atom is -0.253 e. The SMILES string of the molecule is Cc1c(-c2c3ccc4nc(CC(C)(C)C)ccc4c3cc[n+]2C)cc(C(C)(C)C)c2ccccc12. The zero-order valence-corrected chi connectivity index (χ0v) is 22.5. The summed E-state index contributed by atoms with van der Waals surface area (Å²) in [6.07, 6.45) is 3.17. The number of aryl methyl sites for hydroxylation is 2. The van der Waals surface area contributed by atoms with Crippen LogP contribution in [0.1, 0.15) is 58.4 Å². The number of hydrogen-bond acceptors (Lipinski definition) is 1. The standard InChI is InChI=1S/C33H37N2/c1-21-23-11-9-10-12-25(23)29(33(5,6)7)19-28(21)31-27-15-16-30-26(24(27)17-18-35(31)8)14-13-22(34-30)20-32(2,3)4/h9-19H,20H2,1-8H3/q+1. The van der Waals surface area contributed by atoms with Crippen LogP contribution >= 0.6 is 0 Å². The first-order valence-corrected chi connectivity index (χ1v) is 12.7. The van der Waals surface area contributed by atoms with E-state index < -0.39 is 0 Å². The lowest BCUT2D eigenvalue weighted by atomic mass is 9.80. The number of hydrogen-bond donors (Lipinski definition) is 0. The van der Waals surface area contributed by atoms with Crippen molar-refractivity contribution in [1.82, 2.24) is 4.98 Å². The second-order valence-corrected chi connectivity index (χ2v) is 12.3. The molecule has 2 nitrogen and oxygen atoms in total. The maximum absolute atomic E-state index is 5.03. The van der Waals surface area contributed by atoms with Crippen molar-refractivity contribution in [2.24, 2.45) is 12.5 Å². The van der Waals surface area contributed by atoms with E-state index in [0.717, 1.165) is 17.6 Å². The van der Waals surface area contributed by atoms with Crippen LogP contribution in [0.5, 0.6) is 0 Å². The van der Waals surface area contributed by atoms with Gasteiger partial charge < -0.3 is 0 Å². The monoisotopic (exact) mass is 461 g/mol. The van der Waals surface area contributed by atoms with Crippen LogP contribution in [0.25, 0.3) is 43.7 Å². The summed E-state index contributed by atoms with van der Waals surface area (Å²) in [5, 5.41) is 6.43. The number of aromatic nitrogens is 2. The molecule has 5 aromatic rings. The average molecular weight is 462 g/mol. The molecule has 0 atom stereocenters. The van der Waals surface area contributed by atoms with Gasteiger partial charge in [0, 0.05) is 22.5 Å². The van der Waals surface area contributed by atoms with E-state index >= 15 is 0 Å². The number of rotatable bonds is 2. The van der Waals surface area contributed by atoms with Crippen molar-refractivity contribution in [2.75, 3.05) is 0 Å². The number of pyridine rings is 2. The van der Waals surface area contributed by atoms with Crippen molar-refractivity contribution in [3.8, 4) is 11.3 Å². The van der Waals surface area contributed by atoms with Gasteiger partial charge in [-0.05, 0) is 70.3 Å². The summed E-state index contributed by atoms with van der Waals surface area (Å²) in [5.74, 6) is 0. The van der Waals surface area contributed by atoms with E-state index in [9.17, 15) is 0 Å². The van der Waals surface area contributed by atoms with Crippen molar-refractivity contribution < 1.29 is 4.57 Å². The van der Waals surface area contributed by atoms with E-state index in [1.54, 1.807) is 0 Å². The highest BCUT2D eigenvalue weighted by Crippen LogP contribution is 2.39. The molecule has 0 N–H and O–H groups in total. The maximum Gasteiger partial charge on any atom is 0.220 e. The van der Waals surface area contributed by atoms with E-state index in [0.29, 0.717) is 0 Å². The molecule has 2 heterocycles. The smallest absolute Gasteiger partial charge is 0.220 e. The van der Waals surface area contributed by atoms with Crippen LogP contribution in [0.15, 0.2) is 66.9 Å². The van der Waals surface area contributed by atoms with Gasteiger partial charge in [-0.3, -0.25) is 4.98 Å². The Balaban J connectivity index is 1.81. The molecule has 0 aliphatic carbocycles. The molecule has 2 aromatic heterocycles. The van der Waals surface area contributed by atoms with Gasteiger partial charge in [0.25, 0.3) is 0 Å². The Bertz CT molecular complexity index is 1590. The first-order valence-electron chi connectivity index (χ1n) is 12.7. The van der Waals surface area contributed by atoms with Gasteiger partial charge >= 0.3 is 0 Å². The molecule has 178 valence electrons. The van der Waals surface area contributed by atoms with Crippen molar-refractivity contribution in [3.63, 3.8) is 0 Å². The lowest BCUT2D eigenvalue weighted by Crippen LogP contribution is -2.31. The molecule has 0 aliphatic heterocycles. The summed E-state index contributed by atoms with van der Waals surface area (Å²) in [7, 11) is 2.16. The summed E-state index contributed by atoms with van der Waals surface area (Å²) in [5.41, 5.74) is 7.78. The minimum absolute atomic E-state index is 0.0469. The summed E-state index contributed by atoms with van der Waals surface area (Å²) >= 11 is 0. The Kier molecular flexibility index (Phi) is 5.47. The molecule has 0 spiro atoms. The lowest BCUT2D eigenvalue weighted by molar-refractivity contribution is -0.659. The average Bonchev–Trinajstić information content (AvgIpc) is 2.77. The van der Waals surface area contributed by atoms with E-state index in [-0.39, 0.29) is 10.8 Å². The normalized spacial score (nSPS) is 12.7. The Labute approximate surface area is 209 Å². The molecule has 0 saturated carbocycles. The highest BCUT2D eigenvalue weighted by molar-refractivity contribution is 6.10. The number of nitrogens with zero attached hydrogens (tertiary/aromatic N) is 2. The van der Waals surface area contributed by atoms with Crippen LogP contribution in [0.4, 0.5) is 0 Å². The van der Waals surface area contributed by atoms with E-state index in [1.165, 1.54) is 49.3 Å². The molecule has 5 rings (SSSR count). The van der Waals surface area contributed by atoms with Crippen molar-refractivity contribution in [2.45, 2.75) is 60.3 Å². The molecule has 0 bridgehead atoms. The third-order valence-electron chi connectivity index (χ3n) is 7.13. The van der Waals surface area contributed by atoms with E-state index in [4.69, 9.17) is 4.98 Å². The van der Waals surface area contributed by atoms with Gasteiger partial charge in [-0.2, -0.15) is 0 Å². The molecule has 35 heavy (non-hydrogen) atoms. The van der Waals surface area contributed by atoms with E-state index in [2.05, 4.69) is 127 Å². The number of benzene rings is 3. The van der Waals surface area contributed by atoms with Crippen LogP contribution in [0.2, 0.25) is 0 Å². The third kappa shape index (κ3) is 4.20. The quantitative estimate of drug-likeness (QED) is 0.191. The topological polar surface area (TPSA) is 16.8 Å². The fourth-order valence-corrected chi connectivity index (χ4v) is 5.47. The van der Waals surface area contributed by atoms with Crippen LogP contribution in [0, 0.1) is 12.3 Å². The molecular formula is C33H37N2+. The van der Waals surface area contributed by atoms with Crippen LogP contribution < -0.4 is 4.57 Å². The van der Waals surface area contributed by atoms with Gasteiger partial charge in [0.2, 0.25) is 5.69 Å². The summed E-state index contributed by atoms with van der Waals surface area (Å²) in [4.78, 5) is 5.03. The molecule has 0 fully saturated rings. The second kappa shape index (κ2) is 8.16. The van der Waals surface area contributed by atoms with E-state index in [1.807, 2.05) is 0 Å². The Morgan fingerprint density at radius 2 is 1.43 bits per heavy atom. The first-order chi connectivity index (χ1) is 16.4. The zero-order chi connectivity index (χ0) is 25.1. The molecule has 0 unspecified atom stereocenters. The van der Waals surface area contributed by atoms with Crippen LogP contribution in [-0.2, 0) is 18.9 Å². The van der Waals surface area contributed by atoms with Crippen LogP contribution in [-0.4, -0.2) is 4.98 Å². The third-order valence-corrected chi connectivity index (χ3v) is 7.13. The molecule has 0 amide bonds. The summed E-state index contributed by atoms with van der Waals surface area (Å²) < 4.78 is 2.28. The molecule has 2 heteroatoms. The second-order valence-electron chi connectivity index (χ2n) is 12.3. The summed E-state index contributed by atoms with van der Waals surface area (Å²) in [6, 6.07) is 22.5. The molecule has 0 aliphatic rings. The lowest BCUT2D eigenvalue weighted by Gasteiger charge is -2.24. The molecular weight excluding hydrogens is 424 g/mol. The molecule has 0 saturated heterocycles. The van der Waals surface area contributed by atoms with Crippen molar-refractivity contribution >= 4 is 32.4 Å². The fourth-order valence-electron chi connectivity index (χ4n) is 5.47. The predicted octanol–water partition coefficient (Wildman–Crippen LogP) is 8.23. The van der Waals surface area contributed by atoms with Gasteiger partial charge in [0.15, 0.2) is 6.20 Å². The largest absolute Gasteiger partial charge is 0.253 e. The maximum atomic E-state index is 5.03. The van der Waals surface area contributed by atoms with Gasteiger partial charge in [-0.1, -0.05) is 71.9 Å². The van der Waals surface area contributed by atoms with Gasteiger partial charge in [-0.15, -0.1) is 0 Å². The Morgan fingerprint density at radius 3 is 2.11 bits per heavy atom. The Morgan fingerprint density at radius 1 is 0.743 bits per heavy atom. The fraction of sp³-hybridized carbons (Fsp3) is 0.333. The van der Waals surface area contributed by atoms with Crippen LogP contribution in [0.3, 0.4) is 0 Å². The highest BCUT2D eigenvalue weighted by atomic mass is 14.9. The van der Waals surface area contributed by atoms with Crippen molar-refractivity contribution in [1.29, 1.82) is 0 Å². The van der Waals surface area contributed by atoms with Gasteiger partial charge in [0.05, 0.1) is 16.5 Å². The highest BCUT2D eigenvalue weighted by Gasteiger charge is 2.25. The number of fused-ring (bicyclic) bond motifs is 4. The first kappa shape index (κ1) is 23.5. The summed E-state index contributed by atoms with van der Waals surface area (Å²) in [6.45, 7) is 16.0.